The highest BCUT2D eigenvalue weighted by Gasteiger charge is 2.28. The number of amidine groups is 1. The molecule has 0 unspecified atom stereocenters. The Labute approximate surface area is 118 Å². The van der Waals surface area contributed by atoms with Crippen LogP contribution < -0.4 is 16.4 Å². The number of amides is 1. The van der Waals surface area contributed by atoms with Crippen LogP contribution >= 0.6 is 0 Å². The summed E-state index contributed by atoms with van der Waals surface area (Å²) < 4.78 is 0. The molecule has 0 spiro atoms. The van der Waals surface area contributed by atoms with Crippen LogP contribution in [0.2, 0.25) is 0 Å². The van der Waals surface area contributed by atoms with E-state index in [0.29, 0.717) is 25.2 Å². The molecule has 5 N–H and O–H groups in total. The number of nitrogens with two attached hydrogens (primary N) is 1. The van der Waals surface area contributed by atoms with Crippen LogP contribution in [0.25, 0.3) is 0 Å². The second-order valence-electron chi connectivity index (χ2n) is 4.88. The van der Waals surface area contributed by atoms with Crippen molar-refractivity contribution in [2.45, 2.75) is 19.4 Å². The Balaban J connectivity index is 1.74. The van der Waals surface area contributed by atoms with E-state index in [2.05, 4.69) is 15.8 Å². The zero-order valence-electron chi connectivity index (χ0n) is 11.3. The highest BCUT2D eigenvalue weighted by Crippen LogP contribution is 2.28. The summed E-state index contributed by atoms with van der Waals surface area (Å²) >= 11 is 0. The van der Waals surface area contributed by atoms with Crippen molar-refractivity contribution < 1.29 is 10.0 Å². The Kier molecular flexibility index (Phi) is 4.95. The molecular formula is C14H20N4O2. The summed E-state index contributed by atoms with van der Waals surface area (Å²) in [6, 6.07) is 7.47. The summed E-state index contributed by atoms with van der Waals surface area (Å²) in [6.45, 7) is 1.90. The van der Waals surface area contributed by atoms with E-state index in [-0.39, 0.29) is 17.7 Å². The highest BCUT2D eigenvalue weighted by molar-refractivity contribution is 5.98. The van der Waals surface area contributed by atoms with Gasteiger partial charge in [-0.15, -0.1) is 0 Å². The maximum absolute atomic E-state index is 11.4. The number of oxime groups is 1. The predicted octanol–water partition coefficient (Wildman–Crippen LogP) is 0.397. The lowest BCUT2D eigenvalue weighted by Gasteiger charge is -2.10. The van der Waals surface area contributed by atoms with Crippen molar-refractivity contribution in [1.82, 2.24) is 10.6 Å². The van der Waals surface area contributed by atoms with Crippen LogP contribution in [0.5, 0.6) is 0 Å². The molecule has 0 aromatic heterocycles. The fourth-order valence-electron chi connectivity index (χ4n) is 1.97. The first-order valence-electron chi connectivity index (χ1n) is 6.76. The molecule has 1 aromatic carbocycles. The number of carbonyl (C=O) groups excluding carboxylic acids is 1. The molecule has 6 heteroatoms. The van der Waals surface area contributed by atoms with Crippen LogP contribution in [0, 0.1) is 5.92 Å². The smallest absolute Gasteiger partial charge is 0.223 e. The van der Waals surface area contributed by atoms with Gasteiger partial charge in [-0.2, -0.15) is 0 Å². The van der Waals surface area contributed by atoms with Crippen LogP contribution in [0.1, 0.15) is 24.0 Å². The molecule has 1 aliphatic rings. The van der Waals surface area contributed by atoms with Gasteiger partial charge in [0.2, 0.25) is 5.91 Å². The summed E-state index contributed by atoms with van der Waals surface area (Å²) in [5.74, 6) is 0.504. The first kappa shape index (κ1) is 14.3. The molecule has 20 heavy (non-hydrogen) atoms. The van der Waals surface area contributed by atoms with Crippen molar-refractivity contribution >= 4 is 11.7 Å². The van der Waals surface area contributed by atoms with Gasteiger partial charge in [0.15, 0.2) is 5.84 Å². The van der Waals surface area contributed by atoms with Gasteiger partial charge < -0.3 is 21.6 Å². The lowest BCUT2D eigenvalue weighted by molar-refractivity contribution is -0.122. The highest BCUT2D eigenvalue weighted by atomic mass is 16.4. The third-order valence-electron chi connectivity index (χ3n) is 3.27. The molecule has 1 aliphatic carbocycles. The Hall–Kier alpha value is -2.08. The van der Waals surface area contributed by atoms with Crippen molar-refractivity contribution in [2.24, 2.45) is 16.8 Å². The summed E-state index contributed by atoms with van der Waals surface area (Å²) in [4.78, 5) is 11.4. The quantitative estimate of drug-likeness (QED) is 0.190. The minimum Gasteiger partial charge on any atom is -0.409 e. The first-order chi connectivity index (χ1) is 9.72. The maximum Gasteiger partial charge on any atom is 0.223 e. The standard InChI is InChI=1S/C14H20N4O2/c15-13(18-20)12-4-2-1-3-11(12)9-16-7-8-17-14(19)10-5-6-10/h1-4,10,16,20H,5-9H2,(H2,15,18)(H,17,19). The number of nitrogens with zero attached hydrogens (tertiary/aromatic N) is 1. The van der Waals surface area contributed by atoms with E-state index >= 15 is 0 Å². The van der Waals surface area contributed by atoms with Crippen molar-refractivity contribution in [3.63, 3.8) is 0 Å². The molecule has 0 heterocycles. The van der Waals surface area contributed by atoms with Gasteiger partial charge in [-0.25, -0.2) is 0 Å². The molecule has 0 saturated heterocycles. The molecule has 0 atom stereocenters. The van der Waals surface area contributed by atoms with Gasteiger partial charge in [0.05, 0.1) is 0 Å². The van der Waals surface area contributed by atoms with E-state index in [1.807, 2.05) is 18.2 Å². The first-order valence-corrected chi connectivity index (χ1v) is 6.76. The minimum absolute atomic E-state index is 0.101. The van der Waals surface area contributed by atoms with Crippen molar-refractivity contribution in [2.75, 3.05) is 13.1 Å². The summed E-state index contributed by atoms with van der Waals surface area (Å²) in [5, 5.41) is 17.9. The Morgan fingerprint density at radius 1 is 1.35 bits per heavy atom. The molecule has 0 aliphatic heterocycles. The van der Waals surface area contributed by atoms with Crippen LogP contribution in [-0.4, -0.2) is 30.0 Å². The van der Waals surface area contributed by atoms with Gasteiger partial charge in [0.25, 0.3) is 0 Å². The second kappa shape index (κ2) is 6.91. The monoisotopic (exact) mass is 276 g/mol. The number of hydrogen-bond acceptors (Lipinski definition) is 4. The largest absolute Gasteiger partial charge is 0.409 e. The average Bonchev–Trinajstić information content (AvgIpc) is 3.31. The van der Waals surface area contributed by atoms with E-state index in [0.717, 1.165) is 18.4 Å². The molecule has 1 saturated carbocycles. The van der Waals surface area contributed by atoms with Gasteiger partial charge in [-0.1, -0.05) is 29.4 Å². The molecule has 0 bridgehead atoms. The SMILES string of the molecule is N/C(=N/O)c1ccccc1CNCCNC(=O)C1CC1. The Morgan fingerprint density at radius 2 is 2.10 bits per heavy atom. The molecule has 1 aromatic rings. The van der Waals surface area contributed by atoms with Crippen molar-refractivity contribution in [3.05, 3.63) is 35.4 Å². The Bertz CT molecular complexity index is 498. The number of carbonyl (C=O) groups is 1. The van der Waals surface area contributed by atoms with Crippen LogP contribution in [0.4, 0.5) is 0 Å². The third kappa shape index (κ3) is 3.96. The van der Waals surface area contributed by atoms with E-state index in [4.69, 9.17) is 10.9 Å². The van der Waals surface area contributed by atoms with E-state index in [1.54, 1.807) is 6.07 Å². The average molecular weight is 276 g/mol. The second-order valence-corrected chi connectivity index (χ2v) is 4.88. The number of nitrogens with one attached hydrogen (secondary N) is 2. The molecule has 1 fully saturated rings. The zero-order valence-corrected chi connectivity index (χ0v) is 11.3. The summed E-state index contributed by atoms with van der Waals surface area (Å²) in [6.07, 6.45) is 2.04. The van der Waals surface area contributed by atoms with Gasteiger partial charge in [-0.3, -0.25) is 4.79 Å². The molecule has 6 nitrogen and oxygen atoms in total. The van der Waals surface area contributed by atoms with Crippen LogP contribution in [-0.2, 0) is 11.3 Å². The minimum atomic E-state index is 0.101. The van der Waals surface area contributed by atoms with Gasteiger partial charge >= 0.3 is 0 Å². The van der Waals surface area contributed by atoms with Crippen molar-refractivity contribution in [1.29, 1.82) is 0 Å². The summed E-state index contributed by atoms with van der Waals surface area (Å²) in [7, 11) is 0. The van der Waals surface area contributed by atoms with Gasteiger partial charge in [0, 0.05) is 31.1 Å². The lowest BCUT2D eigenvalue weighted by Crippen LogP contribution is -2.32. The van der Waals surface area contributed by atoms with E-state index in [9.17, 15) is 4.79 Å². The fraction of sp³-hybridized carbons (Fsp3) is 0.429. The van der Waals surface area contributed by atoms with Crippen molar-refractivity contribution in [3.8, 4) is 0 Å². The Morgan fingerprint density at radius 3 is 2.80 bits per heavy atom. The number of rotatable bonds is 7. The molecule has 108 valence electrons. The fourth-order valence-corrected chi connectivity index (χ4v) is 1.97. The topological polar surface area (TPSA) is 99.7 Å². The van der Waals surface area contributed by atoms with Gasteiger partial charge in [-0.05, 0) is 18.4 Å². The molecule has 1 amide bonds. The van der Waals surface area contributed by atoms with E-state index in [1.165, 1.54) is 0 Å². The zero-order chi connectivity index (χ0) is 14.4. The predicted molar refractivity (Wildman–Crippen MR) is 76.4 cm³/mol. The normalized spacial score (nSPS) is 15.1. The number of benzene rings is 1. The summed E-state index contributed by atoms with van der Waals surface area (Å²) in [5.41, 5.74) is 7.29. The third-order valence-corrected chi connectivity index (χ3v) is 3.27. The number of hydrogen-bond donors (Lipinski definition) is 4. The molecular weight excluding hydrogens is 256 g/mol. The van der Waals surface area contributed by atoms with Crippen LogP contribution in [0.3, 0.4) is 0 Å². The molecule has 0 radical (unpaired) electrons. The van der Waals surface area contributed by atoms with E-state index < -0.39 is 0 Å². The maximum atomic E-state index is 11.4. The van der Waals surface area contributed by atoms with Gasteiger partial charge in [0.1, 0.15) is 0 Å². The lowest BCUT2D eigenvalue weighted by atomic mass is 10.1. The molecule has 2 rings (SSSR count). The van der Waals surface area contributed by atoms with Crippen LogP contribution in [0.15, 0.2) is 29.4 Å².